The molecule has 2 aromatic rings. The lowest BCUT2D eigenvalue weighted by molar-refractivity contribution is 0.0947. The summed E-state index contributed by atoms with van der Waals surface area (Å²) < 4.78 is 0. The van der Waals surface area contributed by atoms with Gasteiger partial charge < -0.3 is 5.32 Å². The van der Waals surface area contributed by atoms with E-state index < -0.39 is 0 Å². The lowest BCUT2D eigenvalue weighted by Crippen LogP contribution is -2.37. The van der Waals surface area contributed by atoms with Crippen LogP contribution in [0, 0.1) is 0 Å². The molecule has 0 aromatic carbocycles. The highest BCUT2D eigenvalue weighted by molar-refractivity contribution is 7.10. The second-order valence-corrected chi connectivity index (χ2v) is 5.64. The average Bonchev–Trinajstić information content (AvgIpc) is 3.09. The first-order valence-corrected chi connectivity index (χ1v) is 7.25. The SMILES string of the molecule is O=C(NCCN1CCc2sccc2C1)c1cn[nH]c1. The zero-order chi connectivity index (χ0) is 13.1. The van der Waals surface area contributed by atoms with E-state index in [1.165, 1.54) is 16.6 Å². The number of rotatable bonds is 4. The van der Waals surface area contributed by atoms with Crippen LogP contribution in [0.2, 0.25) is 0 Å². The van der Waals surface area contributed by atoms with E-state index in [9.17, 15) is 4.79 Å². The highest BCUT2D eigenvalue weighted by Crippen LogP contribution is 2.23. The van der Waals surface area contributed by atoms with Gasteiger partial charge in [-0.05, 0) is 23.4 Å². The summed E-state index contributed by atoms with van der Waals surface area (Å²) in [5.74, 6) is -0.0676. The summed E-state index contributed by atoms with van der Waals surface area (Å²) in [5, 5.41) is 11.5. The third kappa shape index (κ3) is 2.85. The summed E-state index contributed by atoms with van der Waals surface area (Å²) in [6.07, 6.45) is 4.27. The maximum atomic E-state index is 11.7. The molecule has 1 aliphatic heterocycles. The van der Waals surface area contributed by atoms with Crippen molar-refractivity contribution < 1.29 is 4.79 Å². The topological polar surface area (TPSA) is 61.0 Å². The Morgan fingerprint density at radius 3 is 3.37 bits per heavy atom. The number of carbonyl (C=O) groups excluding carboxylic acids is 1. The standard InChI is InChI=1S/C13H16N4OS/c18-13(11-7-15-16-8-11)14-3-5-17-4-1-12-10(9-17)2-6-19-12/h2,6-8H,1,3-5,9H2,(H,14,18)(H,15,16). The number of carbonyl (C=O) groups is 1. The number of nitrogens with zero attached hydrogens (tertiary/aromatic N) is 2. The molecule has 100 valence electrons. The molecule has 3 heterocycles. The maximum Gasteiger partial charge on any atom is 0.254 e. The molecule has 1 aliphatic rings. The Hall–Kier alpha value is -1.66. The van der Waals surface area contributed by atoms with Crippen LogP contribution in [0.25, 0.3) is 0 Å². The lowest BCUT2D eigenvalue weighted by atomic mass is 10.1. The van der Waals surface area contributed by atoms with Crippen molar-refractivity contribution in [1.82, 2.24) is 20.4 Å². The van der Waals surface area contributed by atoms with Gasteiger partial charge in [-0.15, -0.1) is 11.3 Å². The quantitative estimate of drug-likeness (QED) is 0.884. The van der Waals surface area contributed by atoms with Crippen LogP contribution in [0.15, 0.2) is 23.8 Å². The highest BCUT2D eigenvalue weighted by atomic mass is 32.1. The number of aromatic amines is 1. The second-order valence-electron chi connectivity index (χ2n) is 4.64. The molecule has 3 rings (SSSR count). The Morgan fingerprint density at radius 2 is 2.53 bits per heavy atom. The second kappa shape index (κ2) is 5.54. The van der Waals surface area contributed by atoms with Gasteiger partial charge in [-0.2, -0.15) is 5.10 Å². The molecule has 0 aliphatic carbocycles. The average molecular weight is 276 g/mol. The molecule has 0 saturated carbocycles. The number of nitrogens with one attached hydrogen (secondary N) is 2. The fourth-order valence-electron chi connectivity index (χ4n) is 2.30. The number of aromatic nitrogens is 2. The number of hydrogen-bond acceptors (Lipinski definition) is 4. The van der Waals surface area contributed by atoms with Crippen molar-refractivity contribution in [3.05, 3.63) is 39.8 Å². The van der Waals surface area contributed by atoms with Crippen molar-refractivity contribution in [1.29, 1.82) is 0 Å². The molecule has 0 unspecified atom stereocenters. The summed E-state index contributed by atoms with van der Waals surface area (Å²) in [4.78, 5) is 15.6. The Balaban J connectivity index is 1.45. The molecule has 19 heavy (non-hydrogen) atoms. The van der Waals surface area contributed by atoms with Gasteiger partial charge in [0.15, 0.2) is 0 Å². The van der Waals surface area contributed by atoms with Crippen LogP contribution < -0.4 is 5.32 Å². The molecule has 0 fully saturated rings. The first-order valence-electron chi connectivity index (χ1n) is 6.37. The van der Waals surface area contributed by atoms with E-state index in [-0.39, 0.29) is 5.91 Å². The van der Waals surface area contributed by atoms with E-state index >= 15 is 0 Å². The van der Waals surface area contributed by atoms with E-state index in [1.807, 2.05) is 11.3 Å². The van der Waals surface area contributed by atoms with Crippen molar-refractivity contribution in [2.24, 2.45) is 0 Å². The Kier molecular flexibility index (Phi) is 3.61. The summed E-state index contributed by atoms with van der Waals surface area (Å²) in [6, 6.07) is 2.20. The van der Waals surface area contributed by atoms with Crippen LogP contribution in [0.5, 0.6) is 0 Å². The molecule has 0 spiro atoms. The minimum atomic E-state index is -0.0676. The van der Waals surface area contributed by atoms with Crippen molar-refractivity contribution in [3.63, 3.8) is 0 Å². The molecule has 0 atom stereocenters. The molecular weight excluding hydrogens is 260 g/mol. The number of amides is 1. The molecule has 5 nitrogen and oxygen atoms in total. The predicted molar refractivity (Wildman–Crippen MR) is 74.2 cm³/mol. The Labute approximate surface area is 115 Å². The fourth-order valence-corrected chi connectivity index (χ4v) is 3.19. The first kappa shape index (κ1) is 12.4. The normalized spacial score (nSPS) is 15.2. The minimum Gasteiger partial charge on any atom is -0.351 e. The molecule has 2 N–H and O–H groups in total. The molecule has 0 saturated heterocycles. The maximum absolute atomic E-state index is 11.7. The van der Waals surface area contributed by atoms with Crippen LogP contribution >= 0.6 is 11.3 Å². The molecule has 2 aromatic heterocycles. The molecule has 6 heteroatoms. The summed E-state index contributed by atoms with van der Waals surface area (Å²) >= 11 is 1.85. The molecule has 0 radical (unpaired) electrons. The van der Waals surface area contributed by atoms with Crippen molar-refractivity contribution in [3.8, 4) is 0 Å². The predicted octanol–water partition coefficient (Wildman–Crippen LogP) is 1.26. The largest absolute Gasteiger partial charge is 0.351 e. The van der Waals surface area contributed by atoms with Crippen LogP contribution in [-0.4, -0.2) is 40.6 Å². The number of hydrogen-bond donors (Lipinski definition) is 2. The van der Waals surface area contributed by atoms with Gasteiger partial charge >= 0.3 is 0 Å². The van der Waals surface area contributed by atoms with Crippen molar-refractivity contribution in [2.75, 3.05) is 19.6 Å². The van der Waals surface area contributed by atoms with Gasteiger partial charge in [0.2, 0.25) is 0 Å². The number of H-pyrrole nitrogens is 1. The zero-order valence-corrected chi connectivity index (χ0v) is 11.4. The molecular formula is C13H16N4OS. The molecule has 1 amide bonds. The van der Waals surface area contributed by atoms with Crippen molar-refractivity contribution in [2.45, 2.75) is 13.0 Å². The summed E-state index contributed by atoms with van der Waals surface area (Å²) in [7, 11) is 0. The first-order chi connectivity index (χ1) is 9.33. The van der Waals surface area contributed by atoms with E-state index in [0.717, 1.165) is 26.1 Å². The van der Waals surface area contributed by atoms with Crippen LogP contribution in [0.4, 0.5) is 0 Å². The van der Waals surface area contributed by atoms with Crippen LogP contribution in [-0.2, 0) is 13.0 Å². The van der Waals surface area contributed by atoms with Gasteiger partial charge in [-0.25, -0.2) is 0 Å². The van der Waals surface area contributed by atoms with E-state index in [0.29, 0.717) is 12.1 Å². The zero-order valence-electron chi connectivity index (χ0n) is 10.6. The van der Waals surface area contributed by atoms with E-state index in [4.69, 9.17) is 0 Å². The van der Waals surface area contributed by atoms with Gasteiger partial charge in [0.25, 0.3) is 5.91 Å². The smallest absolute Gasteiger partial charge is 0.254 e. The van der Waals surface area contributed by atoms with Crippen molar-refractivity contribution >= 4 is 17.2 Å². The number of thiophene rings is 1. The third-order valence-corrected chi connectivity index (χ3v) is 4.38. The Bertz CT molecular complexity index is 549. The monoisotopic (exact) mass is 276 g/mol. The lowest BCUT2D eigenvalue weighted by Gasteiger charge is -2.26. The fraction of sp³-hybridized carbons (Fsp3) is 0.385. The summed E-state index contributed by atoms with van der Waals surface area (Å²) in [5.41, 5.74) is 2.02. The van der Waals surface area contributed by atoms with Gasteiger partial charge in [0.1, 0.15) is 0 Å². The van der Waals surface area contributed by atoms with Crippen LogP contribution in [0.1, 0.15) is 20.8 Å². The molecule has 0 bridgehead atoms. The van der Waals surface area contributed by atoms with Crippen LogP contribution in [0.3, 0.4) is 0 Å². The number of fused-ring (bicyclic) bond motifs is 1. The summed E-state index contributed by atoms with van der Waals surface area (Å²) in [6.45, 7) is 3.64. The highest BCUT2D eigenvalue weighted by Gasteiger charge is 2.16. The van der Waals surface area contributed by atoms with Gasteiger partial charge in [0.05, 0.1) is 11.8 Å². The Morgan fingerprint density at radius 1 is 1.58 bits per heavy atom. The van der Waals surface area contributed by atoms with Gasteiger partial charge in [-0.1, -0.05) is 0 Å². The van der Waals surface area contributed by atoms with E-state index in [1.54, 1.807) is 6.20 Å². The minimum absolute atomic E-state index is 0.0676. The van der Waals surface area contributed by atoms with E-state index in [2.05, 4.69) is 31.9 Å². The third-order valence-electron chi connectivity index (χ3n) is 3.36. The van der Waals surface area contributed by atoms with Gasteiger partial charge in [-0.3, -0.25) is 14.8 Å². The van der Waals surface area contributed by atoms with Gasteiger partial charge in [0, 0.05) is 37.3 Å².